The van der Waals surface area contributed by atoms with Gasteiger partial charge in [0.1, 0.15) is 12.2 Å². The Kier molecular flexibility index (Phi) is 7.39. The summed E-state index contributed by atoms with van der Waals surface area (Å²) in [5.74, 6) is 2.15. The van der Waals surface area contributed by atoms with Gasteiger partial charge in [0.2, 0.25) is 0 Å². The Labute approximate surface area is 121 Å². The van der Waals surface area contributed by atoms with Crippen LogP contribution in [0.2, 0.25) is 0 Å². The van der Waals surface area contributed by atoms with Crippen molar-refractivity contribution in [2.75, 3.05) is 6.54 Å². The molecule has 0 radical (unpaired) electrons. The Morgan fingerprint density at radius 3 is 2.58 bits per heavy atom. The lowest BCUT2D eigenvalue weighted by atomic mass is 9.99. The van der Waals surface area contributed by atoms with E-state index in [0.29, 0.717) is 11.8 Å². The highest BCUT2D eigenvalue weighted by Gasteiger charge is 2.15. The van der Waals surface area contributed by atoms with Crippen molar-refractivity contribution in [2.24, 2.45) is 11.8 Å². The molecule has 1 heterocycles. The van der Waals surface area contributed by atoms with Crippen molar-refractivity contribution in [3.8, 4) is 0 Å². The summed E-state index contributed by atoms with van der Waals surface area (Å²) in [6.07, 6.45) is 3.89. The predicted molar refractivity (Wildman–Crippen MR) is 80.3 cm³/mol. The number of nitrogens with zero attached hydrogens (tertiary/aromatic N) is 3. The quantitative estimate of drug-likeness (QED) is 0.710. The maximum Gasteiger partial charge on any atom is 0.140 e. The molecule has 0 aliphatic carbocycles. The van der Waals surface area contributed by atoms with E-state index in [-0.39, 0.29) is 5.38 Å². The molecule has 1 unspecified atom stereocenters. The Balaban J connectivity index is 2.38. The summed E-state index contributed by atoms with van der Waals surface area (Å²) >= 11 is 6.41. The highest BCUT2D eigenvalue weighted by molar-refractivity contribution is 6.21. The fraction of sp³-hybridized carbons (Fsp3) is 0.857. The average molecular weight is 287 g/mol. The van der Waals surface area contributed by atoms with Gasteiger partial charge in [-0.1, -0.05) is 40.5 Å². The van der Waals surface area contributed by atoms with E-state index in [0.717, 1.165) is 38.3 Å². The molecule has 0 saturated heterocycles. The normalized spacial score (nSPS) is 13.4. The molecule has 0 fully saturated rings. The summed E-state index contributed by atoms with van der Waals surface area (Å²) < 4.78 is 1.97. The Morgan fingerprint density at radius 1 is 1.32 bits per heavy atom. The van der Waals surface area contributed by atoms with Crippen molar-refractivity contribution >= 4 is 11.6 Å². The van der Waals surface area contributed by atoms with E-state index in [1.807, 2.05) is 4.68 Å². The van der Waals surface area contributed by atoms with Gasteiger partial charge in [0.15, 0.2) is 0 Å². The molecule has 1 atom stereocenters. The van der Waals surface area contributed by atoms with Gasteiger partial charge in [0, 0.05) is 18.5 Å². The van der Waals surface area contributed by atoms with E-state index >= 15 is 0 Å². The third-order valence-electron chi connectivity index (χ3n) is 3.42. The van der Waals surface area contributed by atoms with Crippen molar-refractivity contribution in [3.63, 3.8) is 0 Å². The molecule has 1 aromatic heterocycles. The van der Waals surface area contributed by atoms with Crippen LogP contribution in [0, 0.1) is 11.8 Å². The van der Waals surface area contributed by atoms with E-state index in [1.54, 1.807) is 6.33 Å². The SMILES string of the molecule is CCC(CC)C(Cl)CNCc1ncnn1CC(C)C. The summed E-state index contributed by atoms with van der Waals surface area (Å²) in [7, 11) is 0. The van der Waals surface area contributed by atoms with Crippen LogP contribution in [0.5, 0.6) is 0 Å². The fourth-order valence-electron chi connectivity index (χ4n) is 2.21. The zero-order chi connectivity index (χ0) is 14.3. The molecule has 0 aliphatic rings. The van der Waals surface area contributed by atoms with E-state index in [9.17, 15) is 0 Å². The topological polar surface area (TPSA) is 42.7 Å². The summed E-state index contributed by atoms with van der Waals surface area (Å²) in [4.78, 5) is 4.30. The molecule has 5 heteroatoms. The maximum absolute atomic E-state index is 6.41. The van der Waals surface area contributed by atoms with Crippen LogP contribution in [0.3, 0.4) is 0 Å². The van der Waals surface area contributed by atoms with Gasteiger partial charge in [0.05, 0.1) is 6.54 Å². The lowest BCUT2D eigenvalue weighted by Gasteiger charge is -2.19. The van der Waals surface area contributed by atoms with Gasteiger partial charge in [-0.25, -0.2) is 9.67 Å². The Morgan fingerprint density at radius 2 is 2.00 bits per heavy atom. The van der Waals surface area contributed by atoms with Crippen LogP contribution in [0.4, 0.5) is 0 Å². The number of rotatable bonds is 9. The van der Waals surface area contributed by atoms with Gasteiger partial charge in [-0.2, -0.15) is 5.10 Å². The van der Waals surface area contributed by atoms with Crippen molar-refractivity contribution in [1.82, 2.24) is 20.1 Å². The van der Waals surface area contributed by atoms with Gasteiger partial charge >= 0.3 is 0 Å². The van der Waals surface area contributed by atoms with Crippen molar-refractivity contribution in [1.29, 1.82) is 0 Å². The highest BCUT2D eigenvalue weighted by Crippen LogP contribution is 2.17. The Bertz CT molecular complexity index is 347. The number of alkyl halides is 1. The summed E-state index contributed by atoms with van der Waals surface area (Å²) in [6, 6.07) is 0. The van der Waals surface area contributed by atoms with Gasteiger partial charge in [0.25, 0.3) is 0 Å². The second kappa shape index (κ2) is 8.54. The van der Waals surface area contributed by atoms with Crippen molar-refractivity contribution in [3.05, 3.63) is 12.2 Å². The molecule has 0 amide bonds. The van der Waals surface area contributed by atoms with Gasteiger partial charge in [-0.15, -0.1) is 11.6 Å². The zero-order valence-corrected chi connectivity index (χ0v) is 13.3. The second-order valence-corrected chi connectivity index (χ2v) is 6.04. The second-order valence-electron chi connectivity index (χ2n) is 5.48. The van der Waals surface area contributed by atoms with E-state index in [4.69, 9.17) is 11.6 Å². The molecule has 19 heavy (non-hydrogen) atoms. The first-order chi connectivity index (χ1) is 9.08. The summed E-state index contributed by atoms with van der Waals surface area (Å²) in [6.45, 7) is 11.2. The molecule has 0 saturated carbocycles. The molecule has 0 spiro atoms. The largest absolute Gasteiger partial charge is 0.308 e. The maximum atomic E-state index is 6.41. The average Bonchev–Trinajstić information content (AvgIpc) is 2.77. The predicted octanol–water partition coefficient (Wildman–Crippen LogP) is 3.07. The summed E-state index contributed by atoms with van der Waals surface area (Å²) in [5, 5.41) is 7.84. The number of aromatic nitrogens is 3. The number of hydrogen-bond donors (Lipinski definition) is 1. The number of hydrogen-bond acceptors (Lipinski definition) is 3. The van der Waals surface area contributed by atoms with Crippen LogP contribution in [0.1, 0.15) is 46.4 Å². The number of halogens is 1. The van der Waals surface area contributed by atoms with Crippen LogP contribution >= 0.6 is 11.6 Å². The van der Waals surface area contributed by atoms with Crippen LogP contribution in [-0.2, 0) is 13.1 Å². The molecule has 1 N–H and O–H groups in total. The smallest absolute Gasteiger partial charge is 0.140 e. The standard InChI is InChI=1S/C14H27ClN4/c1-5-12(6-2)13(15)7-16-8-14-17-10-18-19(14)9-11(3)4/h10-13,16H,5-9H2,1-4H3. The lowest BCUT2D eigenvalue weighted by molar-refractivity contribution is 0.431. The third-order valence-corrected chi connectivity index (χ3v) is 3.93. The van der Waals surface area contributed by atoms with Gasteiger partial charge < -0.3 is 5.32 Å². The first kappa shape index (κ1) is 16.4. The minimum atomic E-state index is 0.191. The minimum Gasteiger partial charge on any atom is -0.308 e. The highest BCUT2D eigenvalue weighted by atomic mass is 35.5. The van der Waals surface area contributed by atoms with Crippen LogP contribution in [-0.4, -0.2) is 26.7 Å². The zero-order valence-electron chi connectivity index (χ0n) is 12.6. The number of nitrogens with one attached hydrogen (secondary N) is 1. The van der Waals surface area contributed by atoms with Gasteiger partial charge in [-0.3, -0.25) is 0 Å². The summed E-state index contributed by atoms with van der Waals surface area (Å²) in [5.41, 5.74) is 0. The van der Waals surface area contributed by atoms with Crippen LogP contribution < -0.4 is 5.32 Å². The molecule has 0 aromatic carbocycles. The first-order valence-electron chi connectivity index (χ1n) is 7.29. The monoisotopic (exact) mass is 286 g/mol. The van der Waals surface area contributed by atoms with Crippen LogP contribution in [0.25, 0.3) is 0 Å². The van der Waals surface area contributed by atoms with E-state index in [2.05, 4.69) is 43.1 Å². The van der Waals surface area contributed by atoms with Crippen molar-refractivity contribution in [2.45, 2.75) is 59.0 Å². The molecular weight excluding hydrogens is 260 g/mol. The molecule has 1 rings (SSSR count). The third kappa shape index (κ3) is 5.49. The van der Waals surface area contributed by atoms with Crippen molar-refractivity contribution < 1.29 is 0 Å². The molecule has 110 valence electrons. The molecule has 1 aromatic rings. The molecular formula is C14H27ClN4. The fourth-order valence-corrected chi connectivity index (χ4v) is 2.68. The Hall–Kier alpha value is -0.610. The lowest BCUT2D eigenvalue weighted by Crippen LogP contribution is -2.29. The van der Waals surface area contributed by atoms with E-state index < -0.39 is 0 Å². The minimum absolute atomic E-state index is 0.191. The van der Waals surface area contributed by atoms with E-state index in [1.165, 1.54) is 0 Å². The molecule has 0 bridgehead atoms. The van der Waals surface area contributed by atoms with Gasteiger partial charge in [-0.05, 0) is 11.8 Å². The first-order valence-corrected chi connectivity index (χ1v) is 7.73. The molecule has 4 nitrogen and oxygen atoms in total. The molecule has 0 aliphatic heterocycles. The van der Waals surface area contributed by atoms with Crippen LogP contribution in [0.15, 0.2) is 6.33 Å².